The standard InChI is InChI=1S/C24H25N3O5S/c1-15-14-33-24(25-15)27(17-8-6-5-7-9-17)23(29)16-10-21(28)26(13-16)18-11-19(30-2)22(32-4)20(12-18)31-3/h5-9,11-12,14,16H,10,13H2,1-4H3. The third kappa shape index (κ3) is 4.36. The molecule has 2 heterocycles. The Morgan fingerprint density at radius 1 is 1.09 bits per heavy atom. The van der Waals surface area contributed by atoms with E-state index in [1.807, 2.05) is 42.6 Å². The summed E-state index contributed by atoms with van der Waals surface area (Å²) in [6.07, 6.45) is 0.100. The van der Waals surface area contributed by atoms with Gasteiger partial charge in [0.15, 0.2) is 16.6 Å². The number of hydrogen-bond acceptors (Lipinski definition) is 7. The summed E-state index contributed by atoms with van der Waals surface area (Å²) in [5.74, 6) is 0.486. The predicted octanol–water partition coefficient (Wildman–Crippen LogP) is 4.20. The average molecular weight is 468 g/mol. The Hall–Kier alpha value is -3.59. The number of hydrogen-bond donors (Lipinski definition) is 0. The quantitative estimate of drug-likeness (QED) is 0.518. The number of benzene rings is 2. The minimum atomic E-state index is -0.527. The van der Waals surface area contributed by atoms with Crippen molar-refractivity contribution < 1.29 is 23.8 Å². The van der Waals surface area contributed by atoms with E-state index in [9.17, 15) is 9.59 Å². The molecule has 1 aliphatic heterocycles. The largest absolute Gasteiger partial charge is 0.493 e. The molecule has 0 bridgehead atoms. The third-order valence-corrected chi connectivity index (χ3v) is 6.41. The molecule has 0 radical (unpaired) electrons. The van der Waals surface area contributed by atoms with Gasteiger partial charge in [-0.1, -0.05) is 18.2 Å². The van der Waals surface area contributed by atoms with Crippen LogP contribution in [-0.4, -0.2) is 44.7 Å². The molecule has 4 rings (SSSR count). The number of ether oxygens (including phenoxy) is 3. The van der Waals surface area contributed by atoms with Crippen molar-refractivity contribution >= 4 is 39.7 Å². The second kappa shape index (κ2) is 9.50. The Balaban J connectivity index is 1.65. The van der Waals surface area contributed by atoms with Crippen molar-refractivity contribution in [1.29, 1.82) is 0 Å². The molecular weight excluding hydrogens is 442 g/mol. The number of para-hydroxylation sites is 1. The summed E-state index contributed by atoms with van der Waals surface area (Å²) >= 11 is 1.40. The van der Waals surface area contributed by atoms with Crippen LogP contribution in [0.1, 0.15) is 12.1 Å². The Morgan fingerprint density at radius 2 is 1.76 bits per heavy atom. The van der Waals surface area contributed by atoms with Crippen LogP contribution in [0.5, 0.6) is 17.2 Å². The maximum atomic E-state index is 13.7. The monoisotopic (exact) mass is 467 g/mol. The summed E-state index contributed by atoms with van der Waals surface area (Å²) in [5.41, 5.74) is 2.14. The van der Waals surface area contributed by atoms with E-state index in [1.54, 1.807) is 21.9 Å². The molecule has 0 spiro atoms. The molecule has 0 aliphatic carbocycles. The Bertz CT molecular complexity index is 1140. The van der Waals surface area contributed by atoms with Crippen molar-refractivity contribution in [2.45, 2.75) is 13.3 Å². The van der Waals surface area contributed by atoms with E-state index in [1.165, 1.54) is 32.7 Å². The van der Waals surface area contributed by atoms with Gasteiger partial charge in [-0.15, -0.1) is 11.3 Å². The molecule has 9 heteroatoms. The first kappa shape index (κ1) is 22.6. The lowest BCUT2D eigenvalue weighted by molar-refractivity contribution is -0.123. The molecular formula is C24H25N3O5S. The minimum Gasteiger partial charge on any atom is -0.493 e. The lowest BCUT2D eigenvalue weighted by Crippen LogP contribution is -2.34. The van der Waals surface area contributed by atoms with Crippen molar-refractivity contribution in [2.75, 3.05) is 37.7 Å². The number of thiazole rings is 1. The van der Waals surface area contributed by atoms with E-state index in [-0.39, 0.29) is 24.8 Å². The van der Waals surface area contributed by atoms with E-state index < -0.39 is 5.92 Å². The van der Waals surface area contributed by atoms with Crippen LogP contribution in [-0.2, 0) is 9.59 Å². The van der Waals surface area contributed by atoms with Gasteiger partial charge in [0.2, 0.25) is 17.6 Å². The van der Waals surface area contributed by atoms with Gasteiger partial charge in [-0.2, -0.15) is 0 Å². The van der Waals surface area contributed by atoms with Gasteiger partial charge in [0, 0.05) is 30.5 Å². The molecule has 8 nitrogen and oxygen atoms in total. The van der Waals surface area contributed by atoms with E-state index in [2.05, 4.69) is 4.98 Å². The summed E-state index contributed by atoms with van der Waals surface area (Å²) in [5, 5.41) is 2.49. The van der Waals surface area contributed by atoms with Crippen LogP contribution in [0, 0.1) is 12.8 Å². The van der Waals surface area contributed by atoms with Crippen LogP contribution in [0.25, 0.3) is 0 Å². The zero-order valence-electron chi connectivity index (χ0n) is 18.9. The summed E-state index contributed by atoms with van der Waals surface area (Å²) in [7, 11) is 4.56. The molecule has 1 atom stereocenters. The van der Waals surface area contributed by atoms with Crippen molar-refractivity contribution in [3.8, 4) is 17.2 Å². The zero-order valence-corrected chi connectivity index (χ0v) is 19.7. The van der Waals surface area contributed by atoms with Gasteiger partial charge in [0.05, 0.1) is 44.3 Å². The number of nitrogens with zero attached hydrogens (tertiary/aromatic N) is 3. The second-order valence-corrected chi connectivity index (χ2v) is 8.41. The Labute approximate surface area is 196 Å². The zero-order chi connectivity index (χ0) is 23.5. The molecule has 0 N–H and O–H groups in total. The van der Waals surface area contributed by atoms with Crippen molar-refractivity contribution in [3.63, 3.8) is 0 Å². The lowest BCUT2D eigenvalue weighted by atomic mass is 10.1. The van der Waals surface area contributed by atoms with Gasteiger partial charge in [0.1, 0.15) is 0 Å². The molecule has 3 aromatic rings. The predicted molar refractivity (Wildman–Crippen MR) is 127 cm³/mol. The van der Waals surface area contributed by atoms with Crippen LogP contribution in [0.4, 0.5) is 16.5 Å². The summed E-state index contributed by atoms with van der Waals surface area (Å²) in [6.45, 7) is 2.13. The highest BCUT2D eigenvalue weighted by Gasteiger charge is 2.39. The van der Waals surface area contributed by atoms with Crippen LogP contribution < -0.4 is 24.0 Å². The molecule has 1 saturated heterocycles. The van der Waals surface area contributed by atoms with Gasteiger partial charge in [0.25, 0.3) is 0 Å². The first-order chi connectivity index (χ1) is 16.0. The maximum absolute atomic E-state index is 13.7. The molecule has 33 heavy (non-hydrogen) atoms. The van der Waals surface area contributed by atoms with Crippen molar-refractivity contribution in [2.24, 2.45) is 5.92 Å². The number of anilines is 3. The molecule has 1 fully saturated rings. The van der Waals surface area contributed by atoms with Crippen LogP contribution in [0.2, 0.25) is 0 Å². The summed E-state index contributed by atoms with van der Waals surface area (Å²) in [6, 6.07) is 12.8. The maximum Gasteiger partial charge on any atom is 0.238 e. The molecule has 1 aliphatic rings. The highest BCUT2D eigenvalue weighted by Crippen LogP contribution is 2.42. The van der Waals surface area contributed by atoms with Crippen LogP contribution >= 0.6 is 11.3 Å². The van der Waals surface area contributed by atoms with E-state index in [0.717, 1.165) is 11.4 Å². The number of aromatic nitrogens is 1. The lowest BCUT2D eigenvalue weighted by Gasteiger charge is -2.24. The first-order valence-electron chi connectivity index (χ1n) is 10.4. The summed E-state index contributed by atoms with van der Waals surface area (Å²) in [4.78, 5) is 34.4. The number of carbonyl (C=O) groups excluding carboxylic acids is 2. The van der Waals surface area contributed by atoms with E-state index in [0.29, 0.717) is 28.1 Å². The topological polar surface area (TPSA) is 81.2 Å². The molecule has 172 valence electrons. The van der Waals surface area contributed by atoms with Crippen molar-refractivity contribution in [3.05, 3.63) is 53.5 Å². The van der Waals surface area contributed by atoms with Crippen molar-refractivity contribution in [1.82, 2.24) is 4.98 Å². The van der Waals surface area contributed by atoms with Gasteiger partial charge < -0.3 is 19.1 Å². The Kier molecular flexibility index (Phi) is 6.50. The highest BCUT2D eigenvalue weighted by molar-refractivity contribution is 7.14. The number of methoxy groups -OCH3 is 3. The van der Waals surface area contributed by atoms with E-state index in [4.69, 9.17) is 14.2 Å². The number of carbonyl (C=O) groups is 2. The molecule has 2 aromatic carbocycles. The number of amides is 2. The molecule has 1 unspecified atom stereocenters. The average Bonchev–Trinajstić information content (AvgIpc) is 3.44. The smallest absolute Gasteiger partial charge is 0.238 e. The second-order valence-electron chi connectivity index (χ2n) is 7.57. The first-order valence-corrected chi connectivity index (χ1v) is 11.3. The fourth-order valence-electron chi connectivity index (χ4n) is 3.88. The van der Waals surface area contributed by atoms with Crippen LogP contribution in [0.15, 0.2) is 47.8 Å². The molecule has 2 amide bonds. The highest BCUT2D eigenvalue weighted by atomic mass is 32.1. The van der Waals surface area contributed by atoms with Gasteiger partial charge in [-0.25, -0.2) is 4.98 Å². The van der Waals surface area contributed by atoms with Gasteiger partial charge in [-0.3, -0.25) is 14.5 Å². The number of rotatable bonds is 7. The minimum absolute atomic E-state index is 0.100. The third-order valence-electron chi connectivity index (χ3n) is 5.47. The molecule has 0 saturated carbocycles. The Morgan fingerprint density at radius 3 is 2.30 bits per heavy atom. The van der Waals surface area contributed by atoms with Crippen LogP contribution in [0.3, 0.4) is 0 Å². The normalized spacial score (nSPS) is 15.5. The summed E-state index contributed by atoms with van der Waals surface area (Å²) < 4.78 is 16.2. The number of aryl methyl sites for hydroxylation is 1. The molecule has 1 aromatic heterocycles. The fourth-order valence-corrected chi connectivity index (χ4v) is 4.71. The van der Waals surface area contributed by atoms with Gasteiger partial charge >= 0.3 is 0 Å². The fraction of sp³-hybridized carbons (Fsp3) is 0.292. The SMILES string of the molecule is COc1cc(N2CC(C(=O)N(c3ccccc3)c3nc(C)cs3)CC2=O)cc(OC)c1OC. The van der Waals surface area contributed by atoms with E-state index >= 15 is 0 Å². The van der Waals surface area contributed by atoms with Gasteiger partial charge in [-0.05, 0) is 19.1 Å².